The van der Waals surface area contributed by atoms with E-state index in [0.717, 1.165) is 11.3 Å². The van der Waals surface area contributed by atoms with E-state index in [1.54, 1.807) is 0 Å². The smallest absolute Gasteiger partial charge is 0.151 e. The summed E-state index contributed by atoms with van der Waals surface area (Å²) in [6, 6.07) is 7.58. The summed E-state index contributed by atoms with van der Waals surface area (Å²) in [7, 11) is 0. The molecule has 1 rings (SSSR count). The predicted octanol–water partition coefficient (Wildman–Crippen LogP) is 3.13. The van der Waals surface area contributed by atoms with Gasteiger partial charge < -0.3 is 5.73 Å². The summed E-state index contributed by atoms with van der Waals surface area (Å²) < 4.78 is 0. The highest BCUT2D eigenvalue weighted by atomic mass is 79.9. The van der Waals surface area contributed by atoms with Gasteiger partial charge in [0.2, 0.25) is 0 Å². The third-order valence-electron chi connectivity index (χ3n) is 1.51. The van der Waals surface area contributed by atoms with E-state index < -0.39 is 0 Å². The molecule has 0 fully saturated rings. The van der Waals surface area contributed by atoms with Crippen LogP contribution in [0.5, 0.6) is 0 Å². The van der Waals surface area contributed by atoms with Crippen LogP contribution in [-0.2, 0) is 5.75 Å². The molecule has 0 unspecified atom stereocenters. The number of halogens is 1. The molecule has 0 aliphatic rings. The molecule has 0 bridgehead atoms. The molecule has 15 heavy (non-hydrogen) atoms. The highest BCUT2D eigenvalue weighted by molar-refractivity contribution is 8.93. The molecule has 0 aromatic heterocycles. The number of nitrogens with two attached hydrogens (primary N) is 1. The Morgan fingerprint density at radius 2 is 2.07 bits per heavy atom. The topological polar surface area (TPSA) is 62.2 Å². The molecule has 1 aromatic carbocycles. The van der Waals surface area contributed by atoms with Gasteiger partial charge in [-0.2, -0.15) is 4.99 Å². The third kappa shape index (κ3) is 5.69. The fourth-order valence-electron chi connectivity index (χ4n) is 0.880. The molecule has 0 spiro atoms. The number of rotatable bonds is 3. The summed E-state index contributed by atoms with van der Waals surface area (Å²) in [5.74, 6) is 0.705. The molecular weight excluding hydrogens is 294 g/mol. The van der Waals surface area contributed by atoms with Crippen molar-refractivity contribution >= 4 is 57.0 Å². The molecule has 6 heteroatoms. The number of hydrogen-bond acceptors (Lipinski definition) is 4. The Labute approximate surface area is 108 Å². The largest absolute Gasteiger partial charge is 0.379 e. The van der Waals surface area contributed by atoms with Crippen molar-refractivity contribution < 1.29 is 0 Å². The van der Waals surface area contributed by atoms with Gasteiger partial charge in [0, 0.05) is 5.75 Å². The molecule has 0 heterocycles. The Balaban J connectivity index is 0.00000196. The molecule has 0 amide bonds. The van der Waals surface area contributed by atoms with E-state index in [1.807, 2.05) is 24.3 Å². The van der Waals surface area contributed by atoms with Crippen molar-refractivity contribution in [1.29, 1.82) is 5.41 Å². The Bertz CT molecular complexity index is 371. The van der Waals surface area contributed by atoms with Crippen LogP contribution >= 0.6 is 41.0 Å². The van der Waals surface area contributed by atoms with Gasteiger partial charge in [0.15, 0.2) is 5.17 Å². The van der Waals surface area contributed by atoms with Gasteiger partial charge in [0.25, 0.3) is 0 Å². The zero-order valence-corrected chi connectivity index (χ0v) is 11.1. The summed E-state index contributed by atoms with van der Waals surface area (Å²) >= 11 is 5.78. The number of benzene rings is 1. The lowest BCUT2D eigenvalue weighted by Gasteiger charge is -1.99. The first-order chi connectivity index (χ1) is 6.72. The van der Waals surface area contributed by atoms with Crippen LogP contribution in [0.25, 0.3) is 0 Å². The number of thioether (sulfide) groups is 1. The molecular formula is C9H10BrN3S2. The Kier molecular flexibility index (Phi) is 7.25. The number of nitrogens with one attached hydrogen (secondary N) is 1. The number of hydrogen-bond donors (Lipinski definition) is 2. The van der Waals surface area contributed by atoms with E-state index >= 15 is 0 Å². The molecule has 0 saturated carbocycles. The first-order valence-electron chi connectivity index (χ1n) is 3.86. The van der Waals surface area contributed by atoms with Gasteiger partial charge in [-0.1, -0.05) is 23.9 Å². The number of isothiocyanates is 1. The molecule has 0 saturated heterocycles. The Morgan fingerprint density at radius 1 is 1.47 bits per heavy atom. The first kappa shape index (κ1) is 14.3. The monoisotopic (exact) mass is 303 g/mol. The molecule has 80 valence electrons. The van der Waals surface area contributed by atoms with Crippen LogP contribution < -0.4 is 5.73 Å². The zero-order chi connectivity index (χ0) is 10.4. The van der Waals surface area contributed by atoms with Gasteiger partial charge in [0.1, 0.15) is 0 Å². The second-order valence-corrected chi connectivity index (χ2v) is 3.72. The summed E-state index contributed by atoms with van der Waals surface area (Å²) in [5.41, 5.74) is 7.12. The lowest BCUT2D eigenvalue weighted by Crippen LogP contribution is -2.03. The minimum atomic E-state index is 0. The fraction of sp³-hybridized carbons (Fsp3) is 0.111. The summed E-state index contributed by atoms with van der Waals surface area (Å²) in [5, 5.41) is 9.48. The maximum atomic E-state index is 7.05. The number of aliphatic imine (C=N–C) groups is 1. The van der Waals surface area contributed by atoms with Crippen LogP contribution in [0.15, 0.2) is 29.3 Å². The molecule has 0 radical (unpaired) electrons. The minimum Gasteiger partial charge on any atom is -0.379 e. The van der Waals surface area contributed by atoms with Gasteiger partial charge in [-0.05, 0) is 29.9 Å². The van der Waals surface area contributed by atoms with Crippen LogP contribution in [0.2, 0.25) is 0 Å². The van der Waals surface area contributed by atoms with Crippen molar-refractivity contribution in [3.63, 3.8) is 0 Å². The van der Waals surface area contributed by atoms with Crippen molar-refractivity contribution in [1.82, 2.24) is 0 Å². The van der Waals surface area contributed by atoms with E-state index in [2.05, 4.69) is 22.4 Å². The maximum absolute atomic E-state index is 7.05. The highest BCUT2D eigenvalue weighted by Crippen LogP contribution is 2.16. The van der Waals surface area contributed by atoms with E-state index in [9.17, 15) is 0 Å². The van der Waals surface area contributed by atoms with Gasteiger partial charge in [-0.25, -0.2) is 0 Å². The molecule has 0 aliphatic heterocycles. The molecule has 0 aliphatic carbocycles. The van der Waals surface area contributed by atoms with Crippen molar-refractivity contribution in [2.75, 3.05) is 0 Å². The van der Waals surface area contributed by atoms with Crippen LogP contribution in [0.3, 0.4) is 0 Å². The first-order valence-corrected chi connectivity index (χ1v) is 5.25. The highest BCUT2D eigenvalue weighted by Gasteiger charge is 1.95. The van der Waals surface area contributed by atoms with Gasteiger partial charge in [-0.3, -0.25) is 5.41 Å². The summed E-state index contributed by atoms with van der Waals surface area (Å²) in [6.07, 6.45) is 0. The van der Waals surface area contributed by atoms with Gasteiger partial charge in [-0.15, -0.1) is 17.0 Å². The Morgan fingerprint density at radius 3 is 2.53 bits per heavy atom. The standard InChI is InChI=1S/C9H9N3S2.BrH/c10-9(11)14-5-7-1-3-8(4-2-7)12-6-13;/h1-4H,5H2,(H3,10,11);1H. The number of amidine groups is 1. The lowest BCUT2D eigenvalue weighted by atomic mass is 10.2. The molecule has 3 N–H and O–H groups in total. The predicted molar refractivity (Wildman–Crippen MR) is 74.7 cm³/mol. The summed E-state index contributed by atoms with van der Waals surface area (Å²) in [6.45, 7) is 0. The van der Waals surface area contributed by atoms with E-state index in [-0.39, 0.29) is 22.1 Å². The van der Waals surface area contributed by atoms with Crippen molar-refractivity contribution in [3.8, 4) is 0 Å². The molecule has 0 atom stereocenters. The van der Waals surface area contributed by atoms with E-state index in [0.29, 0.717) is 5.75 Å². The minimum absolute atomic E-state index is 0. The zero-order valence-electron chi connectivity index (χ0n) is 7.77. The van der Waals surface area contributed by atoms with Crippen LogP contribution in [0, 0.1) is 5.41 Å². The fourth-order valence-corrected chi connectivity index (χ4v) is 1.50. The van der Waals surface area contributed by atoms with Crippen LogP contribution in [0.1, 0.15) is 5.56 Å². The SMILES string of the molecule is Br.N=C(N)SCc1ccc(N=C=S)cc1. The average Bonchev–Trinajstić information content (AvgIpc) is 2.17. The molecule has 1 aromatic rings. The van der Waals surface area contributed by atoms with E-state index in [1.165, 1.54) is 11.8 Å². The quantitative estimate of drug-likeness (QED) is 0.512. The van der Waals surface area contributed by atoms with E-state index in [4.69, 9.17) is 11.1 Å². The van der Waals surface area contributed by atoms with Crippen LogP contribution in [0.4, 0.5) is 5.69 Å². The number of nitrogens with zero attached hydrogens (tertiary/aromatic N) is 1. The average molecular weight is 304 g/mol. The van der Waals surface area contributed by atoms with Crippen molar-refractivity contribution in [3.05, 3.63) is 29.8 Å². The second kappa shape index (κ2) is 7.59. The Hall–Kier alpha value is -0.680. The van der Waals surface area contributed by atoms with Gasteiger partial charge in [0.05, 0.1) is 10.8 Å². The van der Waals surface area contributed by atoms with Crippen LogP contribution in [-0.4, -0.2) is 10.3 Å². The van der Waals surface area contributed by atoms with Crippen molar-refractivity contribution in [2.45, 2.75) is 5.75 Å². The van der Waals surface area contributed by atoms with Crippen molar-refractivity contribution in [2.24, 2.45) is 10.7 Å². The number of thiocarbonyl (C=S) groups is 1. The molecule has 3 nitrogen and oxygen atoms in total. The normalized spacial score (nSPS) is 8.53. The second-order valence-electron chi connectivity index (χ2n) is 2.52. The third-order valence-corrected chi connectivity index (χ3v) is 2.39. The maximum Gasteiger partial charge on any atom is 0.151 e. The summed E-state index contributed by atoms with van der Waals surface area (Å²) in [4.78, 5) is 3.83. The van der Waals surface area contributed by atoms with Gasteiger partial charge >= 0.3 is 0 Å². The lowest BCUT2D eigenvalue weighted by molar-refractivity contribution is 1.40.